The second-order valence-electron chi connectivity index (χ2n) is 7.13. The molecule has 1 saturated heterocycles. The van der Waals surface area contributed by atoms with E-state index in [-0.39, 0.29) is 5.91 Å². The molecule has 0 aromatic heterocycles. The summed E-state index contributed by atoms with van der Waals surface area (Å²) < 4.78 is 0. The molecule has 5 heteroatoms. The van der Waals surface area contributed by atoms with Crippen molar-refractivity contribution in [3.05, 3.63) is 99.4 Å². The van der Waals surface area contributed by atoms with Crippen LogP contribution >= 0.6 is 23.4 Å². The molecule has 1 fully saturated rings. The van der Waals surface area contributed by atoms with Gasteiger partial charge in [0.2, 0.25) is 0 Å². The molecule has 0 saturated carbocycles. The summed E-state index contributed by atoms with van der Waals surface area (Å²) in [4.78, 5) is 20.8. The van der Waals surface area contributed by atoms with Crippen LogP contribution in [0.25, 0.3) is 6.08 Å². The zero-order valence-electron chi connectivity index (χ0n) is 17.5. The van der Waals surface area contributed by atoms with Crippen LogP contribution < -0.4 is 4.90 Å². The van der Waals surface area contributed by atoms with Gasteiger partial charge in [-0.25, -0.2) is 4.99 Å². The van der Waals surface area contributed by atoms with Crippen LogP contribution in [-0.4, -0.2) is 11.1 Å². The van der Waals surface area contributed by atoms with Crippen LogP contribution in [-0.2, 0) is 17.6 Å². The Morgan fingerprint density at radius 1 is 0.903 bits per heavy atom. The van der Waals surface area contributed by atoms with Crippen LogP contribution in [0, 0.1) is 0 Å². The number of rotatable bonds is 5. The van der Waals surface area contributed by atoms with Crippen LogP contribution in [0.15, 0.2) is 82.7 Å². The van der Waals surface area contributed by atoms with E-state index >= 15 is 0 Å². The molecule has 1 aliphatic rings. The molecular formula is C26H23ClN2OS. The zero-order chi connectivity index (χ0) is 21.8. The lowest BCUT2D eigenvalue weighted by molar-refractivity contribution is -0.113. The number of halogens is 1. The van der Waals surface area contributed by atoms with E-state index in [4.69, 9.17) is 16.6 Å². The van der Waals surface area contributed by atoms with Crippen LogP contribution in [0.2, 0.25) is 5.02 Å². The predicted octanol–water partition coefficient (Wildman–Crippen LogP) is 7.27. The largest absolute Gasteiger partial charge is 0.271 e. The molecule has 1 amide bonds. The highest BCUT2D eigenvalue weighted by atomic mass is 35.5. The second-order valence-corrected chi connectivity index (χ2v) is 8.55. The number of anilines is 1. The molecule has 0 unspecified atom stereocenters. The summed E-state index contributed by atoms with van der Waals surface area (Å²) in [6, 6.07) is 23.6. The Morgan fingerprint density at radius 3 is 2.29 bits per heavy atom. The molecule has 3 nitrogen and oxygen atoms in total. The number of para-hydroxylation sites is 2. The number of nitrogens with zero attached hydrogens (tertiary/aromatic N) is 2. The van der Waals surface area contributed by atoms with Gasteiger partial charge in [0.15, 0.2) is 5.17 Å². The SMILES string of the molecule is CCc1ccccc1N=C1S/C(=C/c2ccccc2Cl)C(=O)N1c1ccccc1CC. The molecule has 1 aliphatic heterocycles. The zero-order valence-corrected chi connectivity index (χ0v) is 19.1. The van der Waals surface area contributed by atoms with Gasteiger partial charge in [0, 0.05) is 5.02 Å². The number of hydrogen-bond acceptors (Lipinski definition) is 3. The number of thioether (sulfide) groups is 1. The first-order chi connectivity index (χ1) is 15.1. The van der Waals surface area contributed by atoms with Gasteiger partial charge < -0.3 is 0 Å². The molecule has 0 radical (unpaired) electrons. The summed E-state index contributed by atoms with van der Waals surface area (Å²) in [7, 11) is 0. The topological polar surface area (TPSA) is 32.7 Å². The minimum absolute atomic E-state index is 0.0847. The Kier molecular flexibility index (Phi) is 6.59. The highest BCUT2D eigenvalue weighted by Gasteiger charge is 2.35. The third-order valence-corrected chi connectivity index (χ3v) is 6.51. The molecule has 0 N–H and O–H groups in total. The van der Waals surface area contributed by atoms with Gasteiger partial charge >= 0.3 is 0 Å². The molecule has 0 bridgehead atoms. The van der Waals surface area contributed by atoms with Crippen LogP contribution in [0.5, 0.6) is 0 Å². The fourth-order valence-corrected chi connectivity index (χ4v) is 4.71. The van der Waals surface area contributed by atoms with Gasteiger partial charge in [-0.2, -0.15) is 0 Å². The Morgan fingerprint density at radius 2 is 1.55 bits per heavy atom. The van der Waals surface area contributed by atoms with E-state index in [2.05, 4.69) is 26.0 Å². The van der Waals surface area contributed by atoms with Crippen molar-refractivity contribution in [1.82, 2.24) is 0 Å². The minimum Gasteiger partial charge on any atom is -0.268 e. The molecule has 3 aromatic rings. The van der Waals surface area contributed by atoms with E-state index in [0.717, 1.165) is 40.9 Å². The first-order valence-corrected chi connectivity index (χ1v) is 11.5. The third-order valence-electron chi connectivity index (χ3n) is 5.20. The lowest BCUT2D eigenvalue weighted by Crippen LogP contribution is -2.29. The van der Waals surface area contributed by atoms with Crippen molar-refractivity contribution in [2.24, 2.45) is 4.99 Å². The monoisotopic (exact) mass is 446 g/mol. The number of hydrogen-bond donors (Lipinski definition) is 0. The van der Waals surface area contributed by atoms with Crippen LogP contribution in [0.4, 0.5) is 11.4 Å². The van der Waals surface area contributed by atoms with Gasteiger partial charge in [0.1, 0.15) is 0 Å². The number of carbonyl (C=O) groups excluding carboxylic acids is 1. The van der Waals surface area contributed by atoms with Crippen molar-refractivity contribution in [3.8, 4) is 0 Å². The van der Waals surface area contributed by atoms with Gasteiger partial charge in [0.05, 0.1) is 16.3 Å². The lowest BCUT2D eigenvalue weighted by atomic mass is 10.1. The molecule has 0 atom stereocenters. The maximum absolute atomic E-state index is 13.6. The summed E-state index contributed by atoms with van der Waals surface area (Å²) in [5.41, 5.74) is 4.83. The Bertz CT molecular complexity index is 1190. The van der Waals surface area contributed by atoms with Crippen LogP contribution in [0.1, 0.15) is 30.5 Å². The number of benzene rings is 3. The predicted molar refractivity (Wildman–Crippen MR) is 133 cm³/mol. The maximum Gasteiger partial charge on any atom is 0.271 e. The third kappa shape index (κ3) is 4.46. The number of aliphatic imine (C=N–C) groups is 1. The lowest BCUT2D eigenvalue weighted by Gasteiger charge is -2.19. The van der Waals surface area contributed by atoms with Crippen molar-refractivity contribution in [3.63, 3.8) is 0 Å². The summed E-state index contributed by atoms with van der Waals surface area (Å²) in [5.74, 6) is -0.0847. The quantitative estimate of drug-likeness (QED) is 0.386. The van der Waals surface area contributed by atoms with Gasteiger partial charge in [-0.15, -0.1) is 0 Å². The number of amidine groups is 1. The second kappa shape index (κ2) is 9.54. The van der Waals surface area contributed by atoms with Gasteiger partial charge in [-0.3, -0.25) is 9.69 Å². The van der Waals surface area contributed by atoms with E-state index in [1.807, 2.05) is 66.7 Å². The highest BCUT2D eigenvalue weighted by Crippen LogP contribution is 2.39. The Balaban J connectivity index is 1.85. The molecule has 0 aliphatic carbocycles. The first kappa shape index (κ1) is 21.4. The summed E-state index contributed by atoms with van der Waals surface area (Å²) in [5, 5.41) is 1.27. The van der Waals surface area contributed by atoms with E-state index in [9.17, 15) is 4.79 Å². The van der Waals surface area contributed by atoms with E-state index < -0.39 is 0 Å². The number of amides is 1. The molecular weight excluding hydrogens is 424 g/mol. The Labute approximate surface area is 192 Å². The fourth-order valence-electron chi connectivity index (χ4n) is 3.54. The normalized spacial score (nSPS) is 16.5. The highest BCUT2D eigenvalue weighted by molar-refractivity contribution is 8.19. The van der Waals surface area contributed by atoms with Gasteiger partial charge in [-0.05, 0) is 65.6 Å². The first-order valence-electron chi connectivity index (χ1n) is 10.4. The van der Waals surface area contributed by atoms with Crippen molar-refractivity contribution in [1.29, 1.82) is 0 Å². The maximum atomic E-state index is 13.6. The summed E-state index contributed by atoms with van der Waals surface area (Å²) in [6.07, 6.45) is 3.55. The standard InChI is InChI=1S/C26H23ClN2OS/c1-3-18-11-6-9-15-22(18)28-26-29(23-16-10-7-12-19(23)4-2)25(30)24(31-26)17-20-13-5-8-14-21(20)27/h5-17H,3-4H2,1-2H3/b24-17+,28-26?. The number of aryl methyl sites for hydroxylation is 2. The van der Waals surface area contributed by atoms with Crippen molar-refractivity contribution < 1.29 is 4.79 Å². The molecule has 0 spiro atoms. The van der Waals surface area contributed by atoms with Crippen molar-refractivity contribution >= 4 is 51.9 Å². The number of carbonyl (C=O) groups is 1. The van der Waals surface area contributed by atoms with Gasteiger partial charge in [0.25, 0.3) is 5.91 Å². The summed E-state index contributed by atoms with van der Waals surface area (Å²) in [6.45, 7) is 4.20. The Hall–Kier alpha value is -2.82. The summed E-state index contributed by atoms with van der Waals surface area (Å²) >= 11 is 7.74. The van der Waals surface area contributed by atoms with E-state index in [1.54, 1.807) is 4.90 Å². The molecule has 4 rings (SSSR count). The molecule has 3 aromatic carbocycles. The van der Waals surface area contributed by atoms with Gasteiger partial charge in [-0.1, -0.05) is 80.0 Å². The van der Waals surface area contributed by atoms with Crippen molar-refractivity contribution in [2.75, 3.05) is 4.90 Å². The smallest absolute Gasteiger partial charge is 0.268 e. The van der Waals surface area contributed by atoms with Crippen molar-refractivity contribution in [2.45, 2.75) is 26.7 Å². The minimum atomic E-state index is -0.0847. The van der Waals surface area contributed by atoms with E-state index in [1.165, 1.54) is 11.8 Å². The van der Waals surface area contributed by atoms with E-state index in [0.29, 0.717) is 15.1 Å². The fraction of sp³-hybridized carbons (Fsp3) is 0.154. The average Bonchev–Trinajstić information content (AvgIpc) is 3.10. The average molecular weight is 447 g/mol. The molecule has 1 heterocycles. The molecule has 156 valence electrons. The molecule has 31 heavy (non-hydrogen) atoms. The van der Waals surface area contributed by atoms with Crippen LogP contribution in [0.3, 0.4) is 0 Å².